The van der Waals surface area contributed by atoms with Crippen molar-refractivity contribution in [2.45, 2.75) is 77.6 Å². The zero-order valence-electron chi connectivity index (χ0n) is 23.5. The maximum absolute atomic E-state index is 2.46. The van der Waals surface area contributed by atoms with Gasteiger partial charge in [0.15, 0.2) is 0 Å². The van der Waals surface area contributed by atoms with E-state index in [0.717, 1.165) is 0 Å². The molecule has 0 saturated carbocycles. The molecule has 0 radical (unpaired) electrons. The van der Waals surface area contributed by atoms with E-state index in [2.05, 4.69) is 97.0 Å². The summed E-state index contributed by atoms with van der Waals surface area (Å²) < 4.78 is 4.64. The molecule has 0 aliphatic heterocycles. The average Bonchev–Trinajstić information content (AvgIpc) is 3.48. The van der Waals surface area contributed by atoms with Crippen LogP contribution in [0.3, 0.4) is 0 Å². The molecule has 2 heterocycles. The van der Waals surface area contributed by atoms with E-state index in [1.54, 1.807) is 0 Å². The molecule has 0 aliphatic rings. The minimum atomic E-state index is 1.18. The van der Waals surface area contributed by atoms with Crippen LogP contribution in [0.15, 0.2) is 66.9 Å². The van der Waals surface area contributed by atoms with Crippen LogP contribution in [0.4, 0.5) is 0 Å². The minimum Gasteiger partial charge on any atom is -0.351 e. The highest BCUT2D eigenvalue weighted by Crippen LogP contribution is 2.37. The van der Waals surface area contributed by atoms with Crippen molar-refractivity contribution in [2.75, 3.05) is 0 Å². The van der Waals surface area contributed by atoms with Crippen LogP contribution >= 0.6 is 0 Å². The molecule has 0 N–H and O–H groups in total. The monoisotopic (exact) mass is 502 g/mol. The van der Waals surface area contributed by atoms with Gasteiger partial charge in [-0.1, -0.05) is 101 Å². The van der Waals surface area contributed by atoms with Crippen molar-refractivity contribution in [3.8, 4) is 0 Å². The molecule has 2 nitrogen and oxygen atoms in total. The van der Waals surface area contributed by atoms with Gasteiger partial charge in [-0.2, -0.15) is 0 Å². The first-order valence-corrected chi connectivity index (χ1v) is 15.0. The van der Waals surface area contributed by atoms with Gasteiger partial charge in [0.25, 0.3) is 0 Å². The first-order chi connectivity index (χ1) is 18.7. The molecule has 6 rings (SSSR count). The van der Waals surface area contributed by atoms with Gasteiger partial charge in [-0.25, -0.2) is 0 Å². The first kappa shape index (κ1) is 25.0. The number of aromatic nitrogens is 2. The summed E-state index contributed by atoms with van der Waals surface area (Å²) in [5.41, 5.74) is 4.11. The Morgan fingerprint density at radius 3 is 1.55 bits per heavy atom. The molecule has 38 heavy (non-hydrogen) atoms. The Morgan fingerprint density at radius 1 is 0.474 bits per heavy atom. The summed E-state index contributed by atoms with van der Waals surface area (Å²) in [5.74, 6) is 0. The van der Waals surface area contributed by atoms with Crippen LogP contribution in [-0.2, 0) is 20.5 Å². The fourth-order valence-corrected chi connectivity index (χ4v) is 6.71. The van der Waals surface area contributed by atoms with Gasteiger partial charge in [0, 0.05) is 47.8 Å². The molecule has 0 unspecified atom stereocenters. The number of hydrogen-bond acceptors (Lipinski definition) is 0. The molecular weight excluding hydrogens is 460 g/mol. The molecule has 0 aliphatic carbocycles. The van der Waals surface area contributed by atoms with E-state index in [9.17, 15) is 0 Å². The van der Waals surface area contributed by atoms with Gasteiger partial charge in [0.05, 0.1) is 0 Å². The van der Waals surface area contributed by atoms with Gasteiger partial charge in [-0.05, 0) is 69.4 Å². The second-order valence-electron chi connectivity index (χ2n) is 11.5. The highest BCUT2D eigenvalue weighted by molar-refractivity contribution is 6.24. The lowest BCUT2D eigenvalue weighted by Crippen LogP contribution is -1.96. The highest BCUT2D eigenvalue weighted by atomic mass is 14.9. The van der Waals surface area contributed by atoms with E-state index < -0.39 is 0 Å². The fraction of sp³-hybridized carbons (Fsp3) is 0.389. The van der Waals surface area contributed by atoms with Crippen molar-refractivity contribution in [3.05, 3.63) is 72.6 Å². The van der Waals surface area contributed by atoms with E-state index in [-0.39, 0.29) is 0 Å². The second-order valence-corrected chi connectivity index (χ2v) is 11.5. The van der Waals surface area contributed by atoms with Crippen LogP contribution in [0.5, 0.6) is 0 Å². The van der Waals surface area contributed by atoms with Gasteiger partial charge < -0.3 is 9.13 Å². The Kier molecular flexibility index (Phi) is 7.15. The third-order valence-electron chi connectivity index (χ3n) is 8.97. The lowest BCUT2D eigenvalue weighted by molar-refractivity contribution is 0.554. The van der Waals surface area contributed by atoms with E-state index >= 15 is 0 Å². The Morgan fingerprint density at radius 2 is 0.947 bits per heavy atom. The van der Waals surface area contributed by atoms with E-state index in [0.29, 0.717) is 0 Å². The summed E-state index contributed by atoms with van der Waals surface area (Å²) in [6.45, 7) is 2.29. The van der Waals surface area contributed by atoms with Crippen LogP contribution in [-0.4, -0.2) is 9.13 Å². The van der Waals surface area contributed by atoms with Gasteiger partial charge >= 0.3 is 0 Å². The number of unbranched alkanes of at least 4 members (excludes halogenated alkanes) is 9. The summed E-state index contributed by atoms with van der Waals surface area (Å²) >= 11 is 0. The summed E-state index contributed by atoms with van der Waals surface area (Å²) in [6.07, 6.45) is 17.2. The fourth-order valence-electron chi connectivity index (χ4n) is 6.71. The van der Waals surface area contributed by atoms with Crippen LogP contribution in [0, 0.1) is 0 Å². The smallest absolute Gasteiger partial charge is 0.0486 e. The van der Waals surface area contributed by atoms with Crippen LogP contribution < -0.4 is 0 Å². The number of fused-ring (bicyclic) bond motifs is 9. The Labute approximate surface area is 227 Å². The minimum absolute atomic E-state index is 1.18. The highest BCUT2D eigenvalue weighted by Gasteiger charge is 2.13. The summed E-state index contributed by atoms with van der Waals surface area (Å²) in [7, 11) is 4.37. The molecule has 2 aromatic heterocycles. The molecule has 0 atom stereocenters. The van der Waals surface area contributed by atoms with Crippen molar-refractivity contribution < 1.29 is 0 Å². The quantitative estimate of drug-likeness (QED) is 0.123. The molecule has 0 spiro atoms. The summed E-state index contributed by atoms with van der Waals surface area (Å²) in [4.78, 5) is 0. The normalized spacial score (nSPS) is 12.2. The third kappa shape index (κ3) is 4.49. The molecule has 0 saturated heterocycles. The summed E-state index contributed by atoms with van der Waals surface area (Å²) in [6, 6.07) is 23.3. The largest absolute Gasteiger partial charge is 0.351 e. The van der Waals surface area contributed by atoms with E-state index in [1.165, 1.54) is 130 Å². The Balaban J connectivity index is 1.23. The molecule has 2 heteroatoms. The lowest BCUT2D eigenvalue weighted by Gasteiger charge is -2.10. The first-order valence-electron chi connectivity index (χ1n) is 15.0. The number of hydrogen-bond donors (Lipinski definition) is 0. The average molecular weight is 503 g/mol. The molecule has 6 aromatic rings. The zero-order valence-corrected chi connectivity index (χ0v) is 23.5. The predicted molar refractivity (Wildman–Crippen MR) is 167 cm³/mol. The van der Waals surface area contributed by atoms with Crippen LogP contribution in [0.2, 0.25) is 0 Å². The zero-order chi connectivity index (χ0) is 26.1. The lowest BCUT2D eigenvalue weighted by atomic mass is 9.94. The van der Waals surface area contributed by atoms with Crippen molar-refractivity contribution in [1.82, 2.24) is 9.13 Å². The van der Waals surface area contributed by atoms with Crippen molar-refractivity contribution in [2.24, 2.45) is 14.1 Å². The molecule has 0 amide bonds. The van der Waals surface area contributed by atoms with Gasteiger partial charge in [0.1, 0.15) is 0 Å². The van der Waals surface area contributed by atoms with Crippen LogP contribution in [0.1, 0.15) is 76.8 Å². The van der Waals surface area contributed by atoms with Crippen molar-refractivity contribution >= 4 is 54.1 Å². The molecule has 4 aromatic carbocycles. The molecule has 0 bridgehead atoms. The van der Waals surface area contributed by atoms with Gasteiger partial charge in [-0.3, -0.25) is 0 Å². The Bertz CT molecular complexity index is 1730. The predicted octanol–water partition coefficient (Wildman–Crippen LogP) is 10.6. The second kappa shape index (κ2) is 10.8. The van der Waals surface area contributed by atoms with E-state index in [1.807, 2.05) is 0 Å². The standard InChI is InChI=1S/C36H42N2/c1-4-5-6-7-8-9-10-11-12-13-14-26-25-34-32-18-16-27-28(30(32)20-22-36(34)38(26)3)15-17-31-29(27)19-21-35-33(31)23-24-37(35)2/h15-25H,4-14H2,1-3H3. The van der Waals surface area contributed by atoms with Crippen LogP contribution in [0.25, 0.3) is 54.1 Å². The third-order valence-corrected chi connectivity index (χ3v) is 8.97. The molecular formula is C36H42N2. The SMILES string of the molecule is CCCCCCCCCCCCc1cc2c3ccc4c(ccc5c4ccc4c5ccn4C)c3ccc2n1C. The van der Waals surface area contributed by atoms with Gasteiger partial charge in [0.2, 0.25) is 0 Å². The van der Waals surface area contributed by atoms with Gasteiger partial charge in [-0.15, -0.1) is 0 Å². The number of rotatable bonds is 11. The van der Waals surface area contributed by atoms with Crippen molar-refractivity contribution in [1.29, 1.82) is 0 Å². The maximum atomic E-state index is 2.46. The van der Waals surface area contributed by atoms with E-state index in [4.69, 9.17) is 0 Å². The topological polar surface area (TPSA) is 9.86 Å². The maximum Gasteiger partial charge on any atom is 0.0486 e. The molecule has 0 fully saturated rings. The number of aryl methyl sites for hydroxylation is 3. The van der Waals surface area contributed by atoms with Crippen molar-refractivity contribution in [3.63, 3.8) is 0 Å². The molecule has 196 valence electrons. The number of nitrogens with zero attached hydrogens (tertiary/aromatic N) is 2. The number of benzene rings is 4. The summed E-state index contributed by atoms with van der Waals surface area (Å²) in [5, 5.41) is 10.9. The Hall–Kier alpha value is -3.26.